The summed E-state index contributed by atoms with van der Waals surface area (Å²) in [6, 6.07) is 2.96. The maximum absolute atomic E-state index is 10.1. The van der Waals surface area contributed by atoms with Crippen molar-refractivity contribution in [3.05, 3.63) is 0 Å². The smallest absolute Gasteiger partial charge is 0.0693 e. The molecule has 0 aromatic heterocycles. The minimum Gasteiger partial charge on any atom is -0.392 e. The maximum Gasteiger partial charge on any atom is 0.0693 e. The van der Waals surface area contributed by atoms with Gasteiger partial charge in [0.25, 0.3) is 0 Å². The fourth-order valence-electron chi connectivity index (χ4n) is 3.24. The highest BCUT2D eigenvalue weighted by atomic mass is 16.3. The molecule has 0 bridgehead atoms. The van der Waals surface area contributed by atoms with Gasteiger partial charge in [0.15, 0.2) is 0 Å². The summed E-state index contributed by atoms with van der Waals surface area (Å²) in [6.45, 7) is 0. The number of aliphatic hydroxyl groups is 1. The van der Waals surface area contributed by atoms with Crippen LogP contribution in [0, 0.1) is 17.2 Å². The van der Waals surface area contributed by atoms with Crippen molar-refractivity contribution < 1.29 is 5.11 Å². The molecule has 2 saturated carbocycles. The largest absolute Gasteiger partial charge is 0.392 e. The lowest BCUT2D eigenvalue weighted by Crippen LogP contribution is -2.48. The van der Waals surface area contributed by atoms with Gasteiger partial charge in [-0.3, -0.25) is 0 Å². The van der Waals surface area contributed by atoms with Gasteiger partial charge >= 0.3 is 0 Å². The van der Waals surface area contributed by atoms with E-state index in [9.17, 15) is 5.11 Å². The van der Waals surface area contributed by atoms with Crippen molar-refractivity contribution in [1.29, 1.82) is 5.26 Å². The standard InChI is InChI=1S/C14H24N2O/c15-10-11-6-4-5-7-12(11)16-13-8-2-1-3-9-14(13)17/h11-14,16-17H,1-9H2. The molecule has 2 aliphatic carbocycles. The maximum atomic E-state index is 10.1. The molecule has 2 fully saturated rings. The second-order valence-electron chi connectivity index (χ2n) is 5.61. The molecule has 0 aromatic rings. The van der Waals surface area contributed by atoms with Crippen molar-refractivity contribution in [2.45, 2.75) is 76.0 Å². The number of aliphatic hydroxyl groups excluding tert-OH is 1. The number of nitriles is 1. The Balaban J connectivity index is 1.91. The molecule has 0 aliphatic heterocycles. The molecular formula is C14H24N2O. The molecule has 4 atom stereocenters. The minimum absolute atomic E-state index is 0.152. The highest BCUT2D eigenvalue weighted by molar-refractivity contribution is 4.96. The van der Waals surface area contributed by atoms with E-state index in [-0.39, 0.29) is 18.1 Å². The van der Waals surface area contributed by atoms with Gasteiger partial charge in [0.1, 0.15) is 0 Å². The van der Waals surface area contributed by atoms with Crippen LogP contribution >= 0.6 is 0 Å². The van der Waals surface area contributed by atoms with Crippen LogP contribution in [0.15, 0.2) is 0 Å². The average molecular weight is 236 g/mol. The Morgan fingerprint density at radius 1 is 0.882 bits per heavy atom. The van der Waals surface area contributed by atoms with Crippen LogP contribution in [0.5, 0.6) is 0 Å². The van der Waals surface area contributed by atoms with Gasteiger partial charge < -0.3 is 10.4 Å². The molecule has 3 nitrogen and oxygen atoms in total. The molecule has 0 radical (unpaired) electrons. The number of rotatable bonds is 2. The number of hydrogen-bond donors (Lipinski definition) is 2. The van der Waals surface area contributed by atoms with Crippen molar-refractivity contribution in [2.24, 2.45) is 5.92 Å². The van der Waals surface area contributed by atoms with E-state index in [2.05, 4.69) is 11.4 Å². The lowest BCUT2D eigenvalue weighted by molar-refractivity contribution is 0.105. The second kappa shape index (κ2) is 6.37. The van der Waals surface area contributed by atoms with E-state index in [1.54, 1.807) is 0 Å². The van der Waals surface area contributed by atoms with Gasteiger partial charge in [-0.25, -0.2) is 0 Å². The van der Waals surface area contributed by atoms with E-state index >= 15 is 0 Å². The zero-order valence-corrected chi connectivity index (χ0v) is 10.6. The Hall–Kier alpha value is -0.590. The van der Waals surface area contributed by atoms with Crippen LogP contribution in [0.3, 0.4) is 0 Å². The van der Waals surface area contributed by atoms with E-state index in [0.29, 0.717) is 6.04 Å². The molecule has 0 amide bonds. The minimum atomic E-state index is -0.209. The van der Waals surface area contributed by atoms with Crippen LogP contribution in [0.25, 0.3) is 0 Å². The molecule has 17 heavy (non-hydrogen) atoms. The van der Waals surface area contributed by atoms with Crippen LogP contribution in [-0.2, 0) is 0 Å². The lowest BCUT2D eigenvalue weighted by atomic mass is 9.84. The molecule has 2 aliphatic rings. The lowest BCUT2D eigenvalue weighted by Gasteiger charge is -2.33. The summed E-state index contributed by atoms with van der Waals surface area (Å²) in [4.78, 5) is 0. The quantitative estimate of drug-likeness (QED) is 0.724. The van der Waals surface area contributed by atoms with Crippen LogP contribution < -0.4 is 5.32 Å². The molecule has 2 N–H and O–H groups in total. The Morgan fingerprint density at radius 3 is 2.35 bits per heavy atom. The average Bonchev–Trinajstić information content (AvgIpc) is 2.56. The zero-order valence-electron chi connectivity index (χ0n) is 10.6. The third-order valence-electron chi connectivity index (χ3n) is 4.34. The summed E-state index contributed by atoms with van der Waals surface area (Å²) in [5.41, 5.74) is 0. The highest BCUT2D eigenvalue weighted by Gasteiger charge is 2.29. The summed E-state index contributed by atoms with van der Waals surface area (Å²) in [6.07, 6.45) is 9.89. The predicted molar refractivity (Wildman–Crippen MR) is 67.4 cm³/mol. The van der Waals surface area contributed by atoms with E-state index in [4.69, 9.17) is 5.26 Å². The van der Waals surface area contributed by atoms with Crippen molar-refractivity contribution in [2.75, 3.05) is 0 Å². The number of nitrogens with zero attached hydrogens (tertiary/aromatic N) is 1. The molecule has 96 valence electrons. The van der Waals surface area contributed by atoms with Crippen molar-refractivity contribution in [3.63, 3.8) is 0 Å². The fourth-order valence-corrected chi connectivity index (χ4v) is 3.24. The van der Waals surface area contributed by atoms with Crippen molar-refractivity contribution in [3.8, 4) is 6.07 Å². The molecule has 0 spiro atoms. The predicted octanol–water partition coefficient (Wildman–Crippen LogP) is 2.35. The Labute approximate surface area is 104 Å². The first-order chi connectivity index (χ1) is 8.31. The number of nitrogens with one attached hydrogen (secondary N) is 1. The summed E-state index contributed by atoms with van der Waals surface area (Å²) in [5, 5.41) is 22.8. The van der Waals surface area contributed by atoms with Crippen molar-refractivity contribution in [1.82, 2.24) is 5.32 Å². The summed E-state index contributed by atoms with van der Waals surface area (Å²) < 4.78 is 0. The van der Waals surface area contributed by atoms with Gasteiger partial charge in [-0.05, 0) is 25.7 Å². The van der Waals surface area contributed by atoms with Crippen LogP contribution in [0.2, 0.25) is 0 Å². The van der Waals surface area contributed by atoms with E-state index in [0.717, 1.165) is 32.1 Å². The van der Waals surface area contributed by atoms with Crippen LogP contribution in [0.1, 0.15) is 57.8 Å². The van der Waals surface area contributed by atoms with Gasteiger partial charge in [0, 0.05) is 12.1 Å². The molecule has 3 heteroatoms. The molecule has 2 rings (SSSR count). The second-order valence-corrected chi connectivity index (χ2v) is 5.61. The van der Waals surface area contributed by atoms with Crippen LogP contribution in [-0.4, -0.2) is 23.3 Å². The highest BCUT2D eigenvalue weighted by Crippen LogP contribution is 2.26. The molecular weight excluding hydrogens is 212 g/mol. The monoisotopic (exact) mass is 236 g/mol. The summed E-state index contributed by atoms with van der Waals surface area (Å²) >= 11 is 0. The Bertz CT molecular complexity index is 274. The normalized spacial score (nSPS) is 39.3. The third-order valence-corrected chi connectivity index (χ3v) is 4.34. The van der Waals surface area contributed by atoms with Crippen LogP contribution in [0.4, 0.5) is 0 Å². The van der Waals surface area contributed by atoms with Gasteiger partial charge in [0.05, 0.1) is 18.1 Å². The number of hydrogen-bond acceptors (Lipinski definition) is 3. The van der Waals surface area contributed by atoms with E-state index in [1.807, 2.05) is 0 Å². The SMILES string of the molecule is N#CC1CCCCC1NC1CCCCCC1O. The summed E-state index contributed by atoms with van der Waals surface area (Å²) in [5.74, 6) is 0.152. The Kier molecular flexibility index (Phi) is 4.82. The Morgan fingerprint density at radius 2 is 1.53 bits per heavy atom. The van der Waals surface area contributed by atoms with Crippen molar-refractivity contribution >= 4 is 0 Å². The van der Waals surface area contributed by atoms with Gasteiger partial charge in [-0.15, -0.1) is 0 Å². The van der Waals surface area contributed by atoms with Gasteiger partial charge in [-0.2, -0.15) is 5.26 Å². The fraction of sp³-hybridized carbons (Fsp3) is 0.929. The van der Waals surface area contributed by atoms with E-state index < -0.39 is 0 Å². The molecule has 4 unspecified atom stereocenters. The topological polar surface area (TPSA) is 56.0 Å². The summed E-state index contributed by atoms with van der Waals surface area (Å²) in [7, 11) is 0. The first kappa shape index (κ1) is 12.9. The zero-order chi connectivity index (χ0) is 12.1. The van der Waals surface area contributed by atoms with E-state index in [1.165, 1.54) is 25.7 Å². The van der Waals surface area contributed by atoms with Gasteiger partial charge in [-0.1, -0.05) is 32.1 Å². The third kappa shape index (κ3) is 3.43. The first-order valence-corrected chi connectivity index (χ1v) is 7.15. The molecule has 0 aromatic carbocycles. The molecule has 0 saturated heterocycles. The van der Waals surface area contributed by atoms with Gasteiger partial charge in [0.2, 0.25) is 0 Å². The molecule has 0 heterocycles. The first-order valence-electron chi connectivity index (χ1n) is 7.15.